The molecule has 0 bridgehead atoms. The van der Waals surface area contributed by atoms with Crippen LogP contribution in [-0.2, 0) is 0 Å². The Balaban J connectivity index is 2.52. The lowest BCUT2D eigenvalue weighted by atomic mass is 10.0. The van der Waals surface area contributed by atoms with Gasteiger partial charge in [-0.05, 0) is 24.3 Å². The SMILES string of the molecule is COc1cc(F)c(C(=O)c2cc(Br)cc(Br)c2)cc1OC. The van der Waals surface area contributed by atoms with Crippen LogP contribution in [0.15, 0.2) is 39.3 Å². The lowest BCUT2D eigenvalue weighted by molar-refractivity contribution is 0.103. The van der Waals surface area contributed by atoms with Gasteiger partial charge in [-0.3, -0.25) is 4.79 Å². The van der Waals surface area contributed by atoms with E-state index in [1.165, 1.54) is 20.3 Å². The summed E-state index contributed by atoms with van der Waals surface area (Å²) in [6, 6.07) is 7.53. The van der Waals surface area contributed by atoms with E-state index >= 15 is 0 Å². The van der Waals surface area contributed by atoms with Crippen LogP contribution in [0, 0.1) is 5.82 Å². The van der Waals surface area contributed by atoms with Crippen LogP contribution in [0.3, 0.4) is 0 Å². The summed E-state index contributed by atoms with van der Waals surface area (Å²) in [5.41, 5.74) is 0.292. The predicted molar refractivity (Wildman–Crippen MR) is 84.8 cm³/mol. The molecule has 0 heterocycles. The maximum absolute atomic E-state index is 14.1. The van der Waals surface area contributed by atoms with Crippen LogP contribution in [0.2, 0.25) is 0 Å². The highest BCUT2D eigenvalue weighted by atomic mass is 79.9. The summed E-state index contributed by atoms with van der Waals surface area (Å²) in [7, 11) is 2.84. The zero-order valence-electron chi connectivity index (χ0n) is 11.2. The molecule has 0 spiro atoms. The Bertz CT molecular complexity index is 681. The fourth-order valence-electron chi connectivity index (χ4n) is 1.87. The van der Waals surface area contributed by atoms with E-state index in [0.717, 1.165) is 15.0 Å². The Labute approximate surface area is 138 Å². The van der Waals surface area contributed by atoms with Crippen molar-refractivity contribution in [2.75, 3.05) is 14.2 Å². The Hall–Kier alpha value is -1.40. The Morgan fingerprint density at radius 2 is 1.48 bits per heavy atom. The van der Waals surface area contributed by atoms with Crippen LogP contribution >= 0.6 is 31.9 Å². The Morgan fingerprint density at radius 3 is 2.00 bits per heavy atom. The van der Waals surface area contributed by atoms with Gasteiger partial charge in [0.05, 0.1) is 19.8 Å². The monoisotopic (exact) mass is 416 g/mol. The summed E-state index contributed by atoms with van der Waals surface area (Å²) in [6.07, 6.45) is 0. The van der Waals surface area contributed by atoms with Gasteiger partial charge in [0.15, 0.2) is 17.3 Å². The summed E-state index contributed by atoms with van der Waals surface area (Å²) < 4.78 is 25.7. The number of carbonyl (C=O) groups is 1. The molecule has 0 atom stereocenters. The van der Waals surface area contributed by atoms with Crippen LogP contribution in [0.4, 0.5) is 4.39 Å². The smallest absolute Gasteiger partial charge is 0.196 e. The summed E-state index contributed by atoms with van der Waals surface area (Å²) in [6.45, 7) is 0. The standard InChI is InChI=1S/C15H11Br2FO3/c1-20-13-6-11(12(18)7-14(13)21-2)15(19)8-3-9(16)5-10(17)4-8/h3-7H,1-2H3. The van der Waals surface area contributed by atoms with Gasteiger partial charge in [0.1, 0.15) is 5.82 Å². The number of rotatable bonds is 4. The zero-order chi connectivity index (χ0) is 15.6. The first-order chi connectivity index (χ1) is 9.96. The fraction of sp³-hybridized carbons (Fsp3) is 0.133. The maximum Gasteiger partial charge on any atom is 0.196 e. The van der Waals surface area contributed by atoms with Crippen molar-refractivity contribution in [1.29, 1.82) is 0 Å². The first-order valence-electron chi connectivity index (χ1n) is 5.88. The molecule has 110 valence electrons. The van der Waals surface area contributed by atoms with E-state index in [9.17, 15) is 9.18 Å². The van der Waals surface area contributed by atoms with E-state index in [2.05, 4.69) is 31.9 Å². The van der Waals surface area contributed by atoms with Crippen LogP contribution in [0.5, 0.6) is 11.5 Å². The van der Waals surface area contributed by atoms with Crippen LogP contribution < -0.4 is 9.47 Å². The molecule has 0 aliphatic carbocycles. The molecule has 3 nitrogen and oxygen atoms in total. The maximum atomic E-state index is 14.1. The molecule has 21 heavy (non-hydrogen) atoms. The lowest BCUT2D eigenvalue weighted by Gasteiger charge is -2.10. The number of carbonyl (C=O) groups excluding carboxylic acids is 1. The first-order valence-corrected chi connectivity index (χ1v) is 7.47. The van der Waals surface area contributed by atoms with Crippen molar-refractivity contribution in [3.05, 3.63) is 56.2 Å². The van der Waals surface area contributed by atoms with Gasteiger partial charge in [-0.15, -0.1) is 0 Å². The second-order valence-corrected chi connectivity index (χ2v) is 6.01. The van der Waals surface area contributed by atoms with Gasteiger partial charge in [-0.2, -0.15) is 0 Å². The van der Waals surface area contributed by atoms with E-state index in [4.69, 9.17) is 9.47 Å². The number of ketones is 1. The fourth-order valence-corrected chi connectivity index (χ4v) is 3.16. The quantitative estimate of drug-likeness (QED) is 0.682. The molecule has 0 aliphatic rings. The van der Waals surface area contributed by atoms with E-state index < -0.39 is 11.6 Å². The minimum atomic E-state index is -0.659. The second kappa shape index (κ2) is 6.58. The highest BCUT2D eigenvalue weighted by molar-refractivity contribution is 9.11. The second-order valence-electron chi connectivity index (χ2n) is 4.17. The third-order valence-corrected chi connectivity index (χ3v) is 3.76. The number of halogens is 3. The molecule has 2 aromatic rings. The molecule has 0 unspecified atom stereocenters. The van der Waals surface area contributed by atoms with E-state index in [1.54, 1.807) is 18.2 Å². The van der Waals surface area contributed by atoms with Crippen LogP contribution in [-0.4, -0.2) is 20.0 Å². The van der Waals surface area contributed by atoms with E-state index in [0.29, 0.717) is 11.3 Å². The number of methoxy groups -OCH3 is 2. The van der Waals surface area contributed by atoms with Crippen molar-refractivity contribution in [3.8, 4) is 11.5 Å². The van der Waals surface area contributed by atoms with Gasteiger partial charge in [0.2, 0.25) is 0 Å². The van der Waals surface area contributed by atoms with Crippen molar-refractivity contribution in [2.24, 2.45) is 0 Å². The molecular formula is C15H11Br2FO3. The Morgan fingerprint density at radius 1 is 0.952 bits per heavy atom. The topological polar surface area (TPSA) is 35.5 Å². The third-order valence-electron chi connectivity index (χ3n) is 2.84. The molecule has 0 N–H and O–H groups in total. The molecule has 0 saturated heterocycles. The number of hydrogen-bond donors (Lipinski definition) is 0. The normalized spacial score (nSPS) is 10.3. The summed E-state index contributed by atoms with van der Waals surface area (Å²) in [4.78, 5) is 12.5. The van der Waals surface area contributed by atoms with Gasteiger partial charge in [0.25, 0.3) is 0 Å². The van der Waals surface area contributed by atoms with Gasteiger partial charge in [-0.25, -0.2) is 4.39 Å². The molecule has 0 aliphatic heterocycles. The highest BCUT2D eigenvalue weighted by Gasteiger charge is 2.19. The van der Waals surface area contributed by atoms with Crippen LogP contribution in [0.25, 0.3) is 0 Å². The first kappa shape index (κ1) is 16.0. The minimum absolute atomic E-state index is 0.0716. The average Bonchev–Trinajstić information content (AvgIpc) is 2.45. The van der Waals surface area contributed by atoms with Crippen molar-refractivity contribution < 1.29 is 18.7 Å². The average molecular weight is 418 g/mol. The highest BCUT2D eigenvalue weighted by Crippen LogP contribution is 2.31. The van der Waals surface area contributed by atoms with Gasteiger partial charge in [0, 0.05) is 20.6 Å². The molecule has 6 heteroatoms. The van der Waals surface area contributed by atoms with Crippen molar-refractivity contribution in [2.45, 2.75) is 0 Å². The van der Waals surface area contributed by atoms with Crippen LogP contribution in [0.1, 0.15) is 15.9 Å². The molecule has 0 radical (unpaired) electrons. The van der Waals surface area contributed by atoms with E-state index in [-0.39, 0.29) is 11.3 Å². The summed E-state index contributed by atoms with van der Waals surface area (Å²) in [5.74, 6) is -0.553. The number of hydrogen-bond acceptors (Lipinski definition) is 3. The number of ether oxygens (including phenoxy) is 2. The number of benzene rings is 2. The largest absolute Gasteiger partial charge is 0.493 e. The predicted octanol–water partition coefficient (Wildman–Crippen LogP) is 4.60. The Kier molecular flexibility index (Phi) is 5.00. The zero-order valence-corrected chi connectivity index (χ0v) is 14.4. The molecule has 0 saturated carbocycles. The molecule has 2 aromatic carbocycles. The molecule has 0 fully saturated rings. The van der Waals surface area contributed by atoms with Gasteiger partial charge in [-0.1, -0.05) is 31.9 Å². The molecule has 0 aromatic heterocycles. The van der Waals surface area contributed by atoms with Crippen molar-refractivity contribution >= 4 is 37.6 Å². The third kappa shape index (κ3) is 3.44. The molecule has 2 rings (SSSR count). The van der Waals surface area contributed by atoms with Gasteiger partial charge < -0.3 is 9.47 Å². The lowest BCUT2D eigenvalue weighted by Crippen LogP contribution is -2.06. The van der Waals surface area contributed by atoms with Gasteiger partial charge >= 0.3 is 0 Å². The minimum Gasteiger partial charge on any atom is -0.493 e. The summed E-state index contributed by atoms with van der Waals surface area (Å²) >= 11 is 6.61. The molecule has 0 amide bonds. The van der Waals surface area contributed by atoms with E-state index in [1.807, 2.05) is 0 Å². The van der Waals surface area contributed by atoms with Crippen molar-refractivity contribution in [3.63, 3.8) is 0 Å². The van der Waals surface area contributed by atoms with Crippen molar-refractivity contribution in [1.82, 2.24) is 0 Å². The molecular weight excluding hydrogens is 407 g/mol. The summed E-state index contributed by atoms with van der Waals surface area (Å²) in [5, 5.41) is 0.